The summed E-state index contributed by atoms with van der Waals surface area (Å²) in [4.78, 5) is 8.28. The zero-order chi connectivity index (χ0) is 12.3. The Balaban J connectivity index is 2.08. The molecule has 1 atom stereocenters. The fraction of sp³-hybridized carbons (Fsp3) is 0.364. The number of nitrogens with one attached hydrogen (secondary N) is 1. The standard InChI is InChI=1S/C11H15N5O/c1-8(12-2)10-5-4-9(6-13-10)17-11-14-7-16(3)15-11/h4-8,12H,1-3H3. The van der Waals surface area contributed by atoms with E-state index in [0.717, 1.165) is 5.69 Å². The van der Waals surface area contributed by atoms with Crippen molar-refractivity contribution >= 4 is 0 Å². The van der Waals surface area contributed by atoms with Crippen molar-refractivity contribution in [2.75, 3.05) is 7.05 Å². The van der Waals surface area contributed by atoms with E-state index < -0.39 is 0 Å². The molecule has 2 aromatic heterocycles. The summed E-state index contributed by atoms with van der Waals surface area (Å²) in [6, 6.07) is 4.31. The summed E-state index contributed by atoms with van der Waals surface area (Å²) in [6.45, 7) is 2.04. The van der Waals surface area contributed by atoms with Gasteiger partial charge in [0.05, 0.1) is 11.9 Å². The van der Waals surface area contributed by atoms with Gasteiger partial charge in [0.1, 0.15) is 12.1 Å². The van der Waals surface area contributed by atoms with Crippen molar-refractivity contribution in [3.05, 3.63) is 30.4 Å². The van der Waals surface area contributed by atoms with E-state index in [1.165, 1.54) is 0 Å². The van der Waals surface area contributed by atoms with Gasteiger partial charge in [-0.15, -0.1) is 5.10 Å². The summed E-state index contributed by atoms with van der Waals surface area (Å²) in [5.74, 6) is 0.628. The molecule has 2 rings (SSSR count). The molecule has 2 heterocycles. The van der Waals surface area contributed by atoms with E-state index in [-0.39, 0.29) is 6.04 Å². The molecule has 1 unspecified atom stereocenters. The van der Waals surface area contributed by atoms with Gasteiger partial charge in [-0.1, -0.05) is 0 Å². The highest BCUT2D eigenvalue weighted by Crippen LogP contribution is 2.18. The Kier molecular flexibility index (Phi) is 3.34. The third kappa shape index (κ3) is 2.79. The van der Waals surface area contributed by atoms with E-state index in [9.17, 15) is 0 Å². The average molecular weight is 233 g/mol. The summed E-state index contributed by atoms with van der Waals surface area (Å²) >= 11 is 0. The Labute approximate surface area is 99.7 Å². The maximum atomic E-state index is 5.44. The van der Waals surface area contributed by atoms with Gasteiger partial charge in [0, 0.05) is 13.1 Å². The van der Waals surface area contributed by atoms with Gasteiger partial charge in [0.25, 0.3) is 0 Å². The minimum atomic E-state index is 0.219. The monoisotopic (exact) mass is 233 g/mol. The second-order valence-electron chi connectivity index (χ2n) is 3.73. The van der Waals surface area contributed by atoms with E-state index in [1.807, 2.05) is 26.1 Å². The van der Waals surface area contributed by atoms with Crippen molar-refractivity contribution < 1.29 is 4.74 Å². The lowest BCUT2D eigenvalue weighted by Crippen LogP contribution is -2.13. The first-order valence-electron chi connectivity index (χ1n) is 5.35. The van der Waals surface area contributed by atoms with E-state index in [1.54, 1.807) is 24.3 Å². The van der Waals surface area contributed by atoms with Crippen molar-refractivity contribution in [1.82, 2.24) is 25.1 Å². The number of ether oxygens (including phenoxy) is 1. The first-order chi connectivity index (χ1) is 8.19. The number of pyridine rings is 1. The quantitative estimate of drug-likeness (QED) is 0.861. The molecule has 17 heavy (non-hydrogen) atoms. The highest BCUT2D eigenvalue weighted by molar-refractivity contribution is 5.23. The van der Waals surface area contributed by atoms with Gasteiger partial charge in [0.2, 0.25) is 0 Å². The van der Waals surface area contributed by atoms with Gasteiger partial charge in [-0.3, -0.25) is 9.67 Å². The number of aromatic nitrogens is 4. The molecule has 0 aliphatic heterocycles. The predicted molar refractivity (Wildman–Crippen MR) is 62.8 cm³/mol. The average Bonchev–Trinajstić information content (AvgIpc) is 2.75. The van der Waals surface area contributed by atoms with Crippen molar-refractivity contribution in [1.29, 1.82) is 0 Å². The van der Waals surface area contributed by atoms with Crippen LogP contribution < -0.4 is 10.1 Å². The molecule has 6 nitrogen and oxygen atoms in total. The zero-order valence-electron chi connectivity index (χ0n) is 10.1. The molecule has 0 spiro atoms. The molecule has 2 aromatic rings. The van der Waals surface area contributed by atoms with E-state index >= 15 is 0 Å². The number of hydrogen-bond donors (Lipinski definition) is 1. The molecule has 0 radical (unpaired) electrons. The smallest absolute Gasteiger partial charge is 0.341 e. The van der Waals surface area contributed by atoms with Crippen molar-refractivity contribution in [2.24, 2.45) is 7.05 Å². The maximum Gasteiger partial charge on any atom is 0.341 e. The molecule has 90 valence electrons. The van der Waals surface area contributed by atoms with Crippen LogP contribution in [0.1, 0.15) is 18.7 Å². The molecule has 0 fully saturated rings. The second-order valence-corrected chi connectivity index (χ2v) is 3.73. The van der Waals surface area contributed by atoms with Crippen LogP contribution in [0.25, 0.3) is 0 Å². The number of rotatable bonds is 4. The number of nitrogens with zero attached hydrogens (tertiary/aromatic N) is 4. The Morgan fingerprint density at radius 3 is 2.71 bits per heavy atom. The molecule has 1 N–H and O–H groups in total. The van der Waals surface area contributed by atoms with E-state index in [4.69, 9.17) is 4.74 Å². The molecular weight excluding hydrogens is 218 g/mol. The Morgan fingerprint density at radius 1 is 1.35 bits per heavy atom. The molecule has 0 aliphatic rings. The minimum absolute atomic E-state index is 0.219. The first kappa shape index (κ1) is 11.5. The normalized spacial score (nSPS) is 12.4. The predicted octanol–water partition coefficient (Wildman–Crippen LogP) is 1.28. The van der Waals surface area contributed by atoms with Crippen LogP contribution in [0.5, 0.6) is 11.8 Å². The zero-order valence-corrected chi connectivity index (χ0v) is 10.1. The van der Waals surface area contributed by atoms with Gasteiger partial charge < -0.3 is 10.1 Å². The van der Waals surface area contributed by atoms with Crippen molar-refractivity contribution in [3.63, 3.8) is 0 Å². The summed E-state index contributed by atoms with van der Waals surface area (Å²) in [7, 11) is 3.68. The van der Waals surface area contributed by atoms with Crippen LogP contribution in [-0.4, -0.2) is 26.8 Å². The van der Waals surface area contributed by atoms with Crippen LogP contribution in [0.2, 0.25) is 0 Å². The molecule has 0 bridgehead atoms. The van der Waals surface area contributed by atoms with Gasteiger partial charge in [-0.25, -0.2) is 0 Å². The van der Waals surface area contributed by atoms with Crippen LogP contribution in [0.4, 0.5) is 0 Å². The lowest BCUT2D eigenvalue weighted by Gasteiger charge is -2.09. The van der Waals surface area contributed by atoms with Crippen molar-refractivity contribution in [3.8, 4) is 11.8 Å². The Hall–Kier alpha value is -1.95. The van der Waals surface area contributed by atoms with Crippen LogP contribution in [0.15, 0.2) is 24.7 Å². The fourth-order valence-electron chi connectivity index (χ4n) is 1.33. The molecule has 0 aliphatic carbocycles. The van der Waals surface area contributed by atoms with Crippen molar-refractivity contribution in [2.45, 2.75) is 13.0 Å². The first-order valence-corrected chi connectivity index (χ1v) is 5.35. The van der Waals surface area contributed by atoms with Crippen LogP contribution in [0, 0.1) is 0 Å². The molecule has 0 amide bonds. The van der Waals surface area contributed by atoms with Gasteiger partial charge in [-0.2, -0.15) is 4.98 Å². The molecule has 6 heteroatoms. The molecule has 0 saturated carbocycles. The SMILES string of the molecule is CNC(C)c1ccc(Oc2ncn(C)n2)cn1. The third-order valence-corrected chi connectivity index (χ3v) is 2.42. The third-order valence-electron chi connectivity index (χ3n) is 2.42. The van der Waals surface area contributed by atoms with Crippen LogP contribution in [0.3, 0.4) is 0 Å². The summed E-state index contributed by atoms with van der Waals surface area (Å²) in [5.41, 5.74) is 0.967. The number of aryl methyl sites for hydroxylation is 1. The fourth-order valence-corrected chi connectivity index (χ4v) is 1.33. The van der Waals surface area contributed by atoms with Gasteiger partial charge >= 0.3 is 6.01 Å². The Morgan fingerprint density at radius 2 is 2.18 bits per heavy atom. The summed E-state index contributed by atoms with van der Waals surface area (Å²) in [6.07, 6.45) is 3.25. The highest BCUT2D eigenvalue weighted by atomic mass is 16.5. The molecular formula is C11H15N5O. The summed E-state index contributed by atoms with van der Waals surface area (Å²) in [5, 5.41) is 7.15. The van der Waals surface area contributed by atoms with E-state index in [2.05, 4.69) is 20.4 Å². The second kappa shape index (κ2) is 4.92. The summed E-state index contributed by atoms with van der Waals surface area (Å²) < 4.78 is 7.03. The largest absolute Gasteiger partial charge is 0.422 e. The minimum Gasteiger partial charge on any atom is -0.422 e. The highest BCUT2D eigenvalue weighted by Gasteiger charge is 2.06. The van der Waals surface area contributed by atoms with E-state index in [0.29, 0.717) is 11.8 Å². The molecule has 0 aromatic carbocycles. The van der Waals surface area contributed by atoms with Gasteiger partial charge in [0.15, 0.2) is 0 Å². The Bertz CT molecular complexity index is 479. The van der Waals surface area contributed by atoms with Crippen LogP contribution in [-0.2, 0) is 7.05 Å². The van der Waals surface area contributed by atoms with Crippen LogP contribution >= 0.6 is 0 Å². The lowest BCUT2D eigenvalue weighted by atomic mass is 10.2. The lowest BCUT2D eigenvalue weighted by molar-refractivity contribution is 0.436. The topological polar surface area (TPSA) is 64.9 Å². The maximum absolute atomic E-state index is 5.44. The van der Waals surface area contributed by atoms with Gasteiger partial charge in [-0.05, 0) is 26.1 Å². The molecule has 0 saturated heterocycles. The number of hydrogen-bond acceptors (Lipinski definition) is 5.